The summed E-state index contributed by atoms with van der Waals surface area (Å²) in [6.07, 6.45) is 4.77. The lowest BCUT2D eigenvalue weighted by atomic mass is 9.87. The van der Waals surface area contributed by atoms with E-state index in [2.05, 4.69) is 15.1 Å². The third kappa shape index (κ3) is 7.72. The van der Waals surface area contributed by atoms with Gasteiger partial charge in [-0.15, -0.1) is 11.3 Å². The van der Waals surface area contributed by atoms with Crippen LogP contribution in [0.5, 0.6) is 0 Å². The second kappa shape index (κ2) is 16.0. The summed E-state index contributed by atoms with van der Waals surface area (Å²) in [5.74, 6) is -2.63. The van der Waals surface area contributed by atoms with Crippen LogP contribution in [-0.4, -0.2) is 85.9 Å². The number of carbonyl (C=O) groups is 3. The van der Waals surface area contributed by atoms with E-state index in [4.69, 9.17) is 25.8 Å². The van der Waals surface area contributed by atoms with Gasteiger partial charge in [0.2, 0.25) is 5.85 Å². The zero-order chi connectivity index (χ0) is 34.5. The van der Waals surface area contributed by atoms with Gasteiger partial charge in [-0.05, 0) is 81.5 Å². The van der Waals surface area contributed by atoms with E-state index in [1.807, 2.05) is 31.2 Å². The van der Waals surface area contributed by atoms with Gasteiger partial charge in [-0.2, -0.15) is 0 Å². The molecule has 1 atom stereocenters. The van der Waals surface area contributed by atoms with Crippen LogP contribution in [0.1, 0.15) is 67.8 Å². The van der Waals surface area contributed by atoms with Crippen LogP contribution in [0.4, 0.5) is 10.1 Å². The van der Waals surface area contributed by atoms with Gasteiger partial charge in [0.15, 0.2) is 5.78 Å². The Morgan fingerprint density at radius 1 is 1.06 bits per heavy atom. The van der Waals surface area contributed by atoms with E-state index < -0.39 is 11.7 Å². The van der Waals surface area contributed by atoms with Gasteiger partial charge in [0, 0.05) is 61.8 Å². The lowest BCUT2D eigenvalue weighted by Crippen LogP contribution is -2.73. The van der Waals surface area contributed by atoms with Crippen molar-refractivity contribution in [3.8, 4) is 0 Å². The number of Topliss-reactive ketones (excluding diaryl/α,β-unsaturated/α-hetero) is 1. The molecule has 1 N–H and O–H groups in total. The number of methoxy groups -OCH3 is 1. The molecule has 2 aliphatic heterocycles. The highest BCUT2D eigenvalue weighted by Gasteiger charge is 2.55. The fraction of sp³-hybridized carbons (Fsp3) is 0.541. The molecule has 1 unspecified atom stereocenters. The Kier molecular flexibility index (Phi) is 11.7. The van der Waals surface area contributed by atoms with Gasteiger partial charge in [0.1, 0.15) is 5.82 Å². The molecule has 9 nitrogen and oxygen atoms in total. The summed E-state index contributed by atoms with van der Waals surface area (Å²) in [5.41, 5.74) is 0.766. The number of carbonyl (C=O) groups excluding carboxylic acids is 3. The van der Waals surface area contributed by atoms with Crippen LogP contribution in [0.2, 0.25) is 5.02 Å². The number of hydrogen-bond donors (Lipinski definition) is 1. The van der Waals surface area contributed by atoms with Crippen molar-refractivity contribution < 1.29 is 33.0 Å². The molecule has 0 bridgehead atoms. The number of rotatable bonds is 14. The summed E-state index contributed by atoms with van der Waals surface area (Å²) in [7, 11) is 1.69. The number of benzene rings is 2. The third-order valence-corrected chi connectivity index (χ3v) is 11.4. The SMILES string of the molecule is CCOC(=O)[C@H]1CC[C@H](OC(C(=O)Cc2cc(Cl)c(NC(=O)c3csc4ccccc34)cc2F)(N2CCCC2)N2CC(CCOC)C2)CC1. The molecule has 264 valence electrons. The van der Waals surface area contributed by atoms with Gasteiger partial charge >= 0.3 is 5.97 Å². The molecule has 12 heteroatoms. The summed E-state index contributed by atoms with van der Waals surface area (Å²) in [6.45, 7) is 5.49. The fourth-order valence-electron chi connectivity index (χ4n) is 7.43. The minimum atomic E-state index is -1.37. The number of thiophene rings is 1. The molecule has 2 aromatic carbocycles. The normalized spacial score (nSPS) is 21.7. The summed E-state index contributed by atoms with van der Waals surface area (Å²) < 4.78 is 34.4. The molecule has 2 saturated heterocycles. The number of hydrogen-bond acceptors (Lipinski definition) is 9. The Morgan fingerprint density at radius 2 is 1.80 bits per heavy atom. The first-order chi connectivity index (χ1) is 23.7. The summed E-state index contributed by atoms with van der Waals surface area (Å²) in [6, 6.07) is 10.2. The molecule has 3 aromatic rings. The molecule has 3 aliphatic rings. The van der Waals surface area contributed by atoms with Crippen LogP contribution in [0, 0.1) is 17.7 Å². The molecule has 1 aliphatic carbocycles. The monoisotopic (exact) mass is 713 g/mol. The first-order valence-corrected chi connectivity index (χ1v) is 18.6. The van der Waals surface area contributed by atoms with E-state index in [0.717, 1.165) is 29.3 Å². The highest BCUT2D eigenvalue weighted by atomic mass is 35.5. The van der Waals surface area contributed by atoms with E-state index >= 15 is 4.39 Å². The van der Waals surface area contributed by atoms with Crippen molar-refractivity contribution >= 4 is 56.4 Å². The fourth-order valence-corrected chi connectivity index (χ4v) is 8.61. The minimum Gasteiger partial charge on any atom is -0.466 e. The second-order valence-corrected chi connectivity index (χ2v) is 14.6. The van der Waals surface area contributed by atoms with E-state index in [0.29, 0.717) is 76.6 Å². The van der Waals surface area contributed by atoms with Gasteiger partial charge in [-0.1, -0.05) is 29.8 Å². The molecule has 3 fully saturated rings. The van der Waals surface area contributed by atoms with Crippen molar-refractivity contribution in [3.05, 3.63) is 63.7 Å². The van der Waals surface area contributed by atoms with Gasteiger partial charge in [0.05, 0.1) is 34.9 Å². The largest absolute Gasteiger partial charge is 0.466 e. The van der Waals surface area contributed by atoms with Gasteiger partial charge < -0.3 is 19.5 Å². The predicted octanol–water partition coefficient (Wildman–Crippen LogP) is 6.91. The van der Waals surface area contributed by atoms with Crippen LogP contribution in [0.3, 0.4) is 0 Å². The Morgan fingerprint density at radius 3 is 2.51 bits per heavy atom. The first kappa shape index (κ1) is 35.9. The number of nitrogens with zero attached hydrogens (tertiary/aromatic N) is 2. The first-order valence-electron chi connectivity index (χ1n) is 17.4. The zero-order valence-electron chi connectivity index (χ0n) is 28.2. The highest BCUT2D eigenvalue weighted by molar-refractivity contribution is 7.17. The van der Waals surface area contributed by atoms with E-state index in [-0.39, 0.29) is 52.4 Å². The van der Waals surface area contributed by atoms with Crippen molar-refractivity contribution in [1.29, 1.82) is 0 Å². The topological polar surface area (TPSA) is 97.4 Å². The number of nitrogens with one attached hydrogen (secondary N) is 1. The molecule has 0 spiro atoms. The number of esters is 1. The molecular weight excluding hydrogens is 669 g/mol. The van der Waals surface area contributed by atoms with E-state index in [1.54, 1.807) is 12.5 Å². The number of ether oxygens (including phenoxy) is 3. The van der Waals surface area contributed by atoms with Crippen molar-refractivity contribution in [2.45, 2.75) is 70.2 Å². The molecule has 1 saturated carbocycles. The van der Waals surface area contributed by atoms with Gasteiger partial charge in [0.25, 0.3) is 5.91 Å². The third-order valence-electron chi connectivity index (χ3n) is 10.1. The molecule has 1 aromatic heterocycles. The smallest absolute Gasteiger partial charge is 0.308 e. The predicted molar refractivity (Wildman–Crippen MR) is 188 cm³/mol. The zero-order valence-corrected chi connectivity index (χ0v) is 29.8. The molecule has 0 radical (unpaired) electrons. The lowest BCUT2D eigenvalue weighted by molar-refractivity contribution is -0.276. The average Bonchev–Trinajstić information content (AvgIpc) is 3.77. The van der Waals surface area contributed by atoms with Crippen LogP contribution >= 0.6 is 22.9 Å². The van der Waals surface area contributed by atoms with Crippen LogP contribution < -0.4 is 5.32 Å². The van der Waals surface area contributed by atoms with Crippen LogP contribution in [0.25, 0.3) is 10.1 Å². The van der Waals surface area contributed by atoms with E-state index in [9.17, 15) is 14.4 Å². The van der Waals surface area contributed by atoms with E-state index in [1.165, 1.54) is 23.5 Å². The number of amides is 1. The van der Waals surface area contributed by atoms with Crippen molar-refractivity contribution in [1.82, 2.24) is 9.80 Å². The maximum absolute atomic E-state index is 15.9. The maximum Gasteiger partial charge on any atom is 0.308 e. The van der Waals surface area contributed by atoms with Crippen molar-refractivity contribution in [2.24, 2.45) is 11.8 Å². The summed E-state index contributed by atoms with van der Waals surface area (Å²) in [5, 5.41) is 5.49. The number of fused-ring (bicyclic) bond motifs is 1. The Bertz CT molecular complexity index is 1650. The second-order valence-electron chi connectivity index (χ2n) is 13.3. The number of ketones is 1. The quantitative estimate of drug-likeness (QED) is 0.180. The minimum absolute atomic E-state index is 0.139. The highest BCUT2D eigenvalue weighted by Crippen LogP contribution is 2.40. The lowest BCUT2D eigenvalue weighted by Gasteiger charge is -2.55. The summed E-state index contributed by atoms with van der Waals surface area (Å²) >= 11 is 8.10. The molecular formula is C37H45ClFN3O6S. The molecule has 49 heavy (non-hydrogen) atoms. The number of likely N-dealkylation sites (tertiary alicyclic amines) is 2. The standard InChI is InChI=1S/C37H45ClFN3O6S/c1-3-47-36(45)25-10-12-27(13-11-25)48-37(41-15-6-7-16-41,42-21-24(22-42)14-17-46-2)34(43)19-26-18-30(38)32(20-31(26)39)40-35(44)29-23-49-33-9-5-4-8-28(29)33/h4-5,8-9,18,20,23-25,27H,3,6-7,10-17,19,21-22H2,1-2H3,(H,40,44)/t25-,27-,37?. The average molecular weight is 714 g/mol. The molecule has 3 heterocycles. The molecule has 6 rings (SSSR count). The van der Waals surface area contributed by atoms with Crippen LogP contribution in [-0.2, 0) is 30.2 Å². The Hall–Kier alpha value is -2.93. The van der Waals surface area contributed by atoms with Gasteiger partial charge in [-0.25, -0.2) is 4.39 Å². The number of anilines is 1. The maximum atomic E-state index is 15.9. The Labute approximate surface area is 296 Å². The summed E-state index contributed by atoms with van der Waals surface area (Å²) in [4.78, 5) is 44.6. The van der Waals surface area contributed by atoms with Crippen LogP contribution in [0.15, 0.2) is 41.8 Å². The van der Waals surface area contributed by atoms with Crippen molar-refractivity contribution in [3.63, 3.8) is 0 Å². The number of halogens is 2. The Balaban J connectivity index is 1.23. The molecule has 1 amide bonds. The van der Waals surface area contributed by atoms with Crippen molar-refractivity contribution in [2.75, 3.05) is 51.8 Å². The van der Waals surface area contributed by atoms with Gasteiger partial charge in [-0.3, -0.25) is 24.2 Å².